The molecule has 0 fully saturated rings. The van der Waals surface area contributed by atoms with Gasteiger partial charge in [-0.3, -0.25) is 0 Å². The molecule has 124 valence electrons. The zero-order valence-corrected chi connectivity index (χ0v) is 13.0. The van der Waals surface area contributed by atoms with Crippen LogP contribution in [0.1, 0.15) is 5.56 Å². The Morgan fingerprint density at radius 3 is 2.52 bits per heavy atom. The van der Waals surface area contributed by atoms with E-state index in [1.54, 1.807) is 0 Å². The lowest BCUT2D eigenvalue weighted by molar-refractivity contribution is -0.182. The van der Waals surface area contributed by atoms with Crippen LogP contribution in [-0.2, 0) is 11.5 Å². The molecule has 0 aliphatic rings. The van der Waals surface area contributed by atoms with Crippen LogP contribution in [0.3, 0.4) is 0 Å². The van der Waals surface area contributed by atoms with E-state index >= 15 is 0 Å². The SMILES string of the molecule is Cc1ccc(NC(=S)Nc2cnn(COCC(F)(F)F)c2)cc1. The topological polar surface area (TPSA) is 51.1 Å². The molecule has 1 aromatic heterocycles. The largest absolute Gasteiger partial charge is 0.411 e. The molecule has 0 spiro atoms. The van der Waals surface area contributed by atoms with Crippen molar-refractivity contribution >= 4 is 28.7 Å². The van der Waals surface area contributed by atoms with Crippen LogP contribution >= 0.6 is 12.2 Å². The first-order chi connectivity index (χ1) is 10.8. The number of alkyl halides is 3. The number of hydrogen-bond donors (Lipinski definition) is 2. The number of aryl methyl sites for hydroxylation is 1. The van der Waals surface area contributed by atoms with E-state index in [0.717, 1.165) is 11.3 Å². The maximum absolute atomic E-state index is 12.0. The van der Waals surface area contributed by atoms with Gasteiger partial charge in [0.15, 0.2) is 5.11 Å². The fourth-order valence-corrected chi connectivity index (χ4v) is 1.92. The molecule has 0 aliphatic heterocycles. The molecule has 2 aromatic rings. The minimum atomic E-state index is -4.35. The molecule has 1 heterocycles. The first-order valence-corrected chi connectivity index (χ1v) is 7.04. The second kappa shape index (κ2) is 7.42. The lowest BCUT2D eigenvalue weighted by Gasteiger charge is -2.09. The summed E-state index contributed by atoms with van der Waals surface area (Å²) in [5.74, 6) is 0. The third-order valence-electron chi connectivity index (χ3n) is 2.69. The summed E-state index contributed by atoms with van der Waals surface area (Å²) in [6, 6.07) is 7.66. The number of rotatable bonds is 5. The average Bonchev–Trinajstić information content (AvgIpc) is 2.87. The van der Waals surface area contributed by atoms with E-state index in [1.807, 2.05) is 31.2 Å². The molecule has 2 N–H and O–H groups in total. The van der Waals surface area contributed by atoms with E-state index < -0.39 is 12.8 Å². The van der Waals surface area contributed by atoms with E-state index in [4.69, 9.17) is 12.2 Å². The molecule has 0 saturated carbocycles. The van der Waals surface area contributed by atoms with Crippen LogP contribution in [0.2, 0.25) is 0 Å². The molecule has 1 aromatic carbocycles. The van der Waals surface area contributed by atoms with Crippen molar-refractivity contribution in [2.24, 2.45) is 0 Å². The van der Waals surface area contributed by atoms with Crippen molar-refractivity contribution in [3.05, 3.63) is 42.2 Å². The highest BCUT2D eigenvalue weighted by molar-refractivity contribution is 7.80. The molecular formula is C14H15F3N4OS. The van der Waals surface area contributed by atoms with E-state index in [9.17, 15) is 13.2 Å². The third-order valence-corrected chi connectivity index (χ3v) is 2.89. The van der Waals surface area contributed by atoms with Gasteiger partial charge in [0.1, 0.15) is 13.3 Å². The normalized spacial score (nSPS) is 11.3. The van der Waals surface area contributed by atoms with Crippen LogP contribution < -0.4 is 10.6 Å². The van der Waals surface area contributed by atoms with Gasteiger partial charge in [-0.1, -0.05) is 17.7 Å². The number of nitrogens with zero attached hydrogens (tertiary/aromatic N) is 2. The Kier molecular flexibility index (Phi) is 5.56. The maximum atomic E-state index is 12.0. The highest BCUT2D eigenvalue weighted by atomic mass is 32.1. The highest BCUT2D eigenvalue weighted by Crippen LogP contribution is 2.15. The Morgan fingerprint density at radius 2 is 1.87 bits per heavy atom. The Hall–Kier alpha value is -2.13. The first-order valence-electron chi connectivity index (χ1n) is 6.63. The number of ether oxygens (including phenoxy) is 1. The summed E-state index contributed by atoms with van der Waals surface area (Å²) in [6.45, 7) is 0.373. The number of hydrogen-bond acceptors (Lipinski definition) is 3. The fraction of sp³-hybridized carbons (Fsp3) is 0.286. The number of thiocarbonyl (C=S) groups is 1. The Labute approximate surface area is 136 Å². The van der Waals surface area contributed by atoms with Crippen LogP contribution in [-0.4, -0.2) is 27.7 Å². The molecule has 9 heteroatoms. The lowest BCUT2D eigenvalue weighted by atomic mass is 10.2. The summed E-state index contributed by atoms with van der Waals surface area (Å²) in [6.07, 6.45) is -1.41. The number of nitrogens with one attached hydrogen (secondary N) is 2. The number of aromatic nitrogens is 2. The van der Waals surface area contributed by atoms with Gasteiger partial charge in [0, 0.05) is 5.69 Å². The predicted octanol–water partition coefficient (Wildman–Crippen LogP) is 3.54. The van der Waals surface area contributed by atoms with Crippen molar-refractivity contribution in [3.8, 4) is 0 Å². The van der Waals surface area contributed by atoms with Gasteiger partial charge in [-0.25, -0.2) is 4.68 Å². The van der Waals surface area contributed by atoms with Crippen molar-refractivity contribution in [1.82, 2.24) is 9.78 Å². The van der Waals surface area contributed by atoms with Crippen molar-refractivity contribution in [3.63, 3.8) is 0 Å². The maximum Gasteiger partial charge on any atom is 0.411 e. The van der Waals surface area contributed by atoms with Gasteiger partial charge in [0.05, 0.1) is 18.1 Å². The number of benzene rings is 1. The van der Waals surface area contributed by atoms with E-state index in [0.29, 0.717) is 10.8 Å². The standard InChI is InChI=1S/C14H15F3N4OS/c1-10-2-4-11(5-3-10)19-13(23)20-12-6-18-21(7-12)9-22-8-14(15,16)17/h2-7H,8-9H2,1H3,(H2,19,20,23). The van der Waals surface area contributed by atoms with Gasteiger partial charge in [-0.2, -0.15) is 18.3 Å². The van der Waals surface area contributed by atoms with Crippen LogP contribution in [0.15, 0.2) is 36.7 Å². The fourth-order valence-electron chi connectivity index (χ4n) is 1.68. The Balaban J connectivity index is 1.81. The molecule has 5 nitrogen and oxygen atoms in total. The van der Waals surface area contributed by atoms with Crippen LogP contribution in [0.5, 0.6) is 0 Å². The van der Waals surface area contributed by atoms with Gasteiger partial charge < -0.3 is 15.4 Å². The van der Waals surface area contributed by atoms with Crippen molar-refractivity contribution in [1.29, 1.82) is 0 Å². The number of halogens is 3. The summed E-state index contributed by atoms with van der Waals surface area (Å²) in [7, 11) is 0. The van der Waals surface area contributed by atoms with Gasteiger partial charge in [-0.15, -0.1) is 0 Å². The molecule has 2 rings (SSSR count). The molecule has 0 aliphatic carbocycles. The average molecular weight is 344 g/mol. The van der Waals surface area contributed by atoms with Gasteiger partial charge in [0.2, 0.25) is 0 Å². The molecule has 23 heavy (non-hydrogen) atoms. The van der Waals surface area contributed by atoms with Crippen LogP contribution in [0, 0.1) is 6.92 Å². The van der Waals surface area contributed by atoms with Gasteiger partial charge in [0.25, 0.3) is 0 Å². The minimum absolute atomic E-state index is 0.292. The molecule has 0 radical (unpaired) electrons. The van der Waals surface area contributed by atoms with Gasteiger partial charge in [-0.05, 0) is 31.3 Å². The molecule has 0 saturated heterocycles. The molecule has 0 amide bonds. The molecule has 0 bridgehead atoms. The summed E-state index contributed by atoms with van der Waals surface area (Å²) in [5, 5.41) is 10.1. The van der Waals surface area contributed by atoms with E-state index in [1.165, 1.54) is 17.1 Å². The van der Waals surface area contributed by atoms with E-state index in [2.05, 4.69) is 20.5 Å². The zero-order chi connectivity index (χ0) is 16.9. The van der Waals surface area contributed by atoms with Crippen LogP contribution in [0.4, 0.5) is 24.5 Å². The highest BCUT2D eigenvalue weighted by Gasteiger charge is 2.27. The first kappa shape index (κ1) is 17.2. The second-order valence-corrected chi connectivity index (χ2v) is 5.21. The zero-order valence-electron chi connectivity index (χ0n) is 12.2. The predicted molar refractivity (Wildman–Crippen MR) is 85.3 cm³/mol. The Morgan fingerprint density at radius 1 is 1.22 bits per heavy atom. The Bertz CT molecular complexity index is 655. The third kappa shape index (κ3) is 6.25. The molecular weight excluding hydrogens is 329 g/mol. The summed E-state index contributed by atoms with van der Waals surface area (Å²) < 4.78 is 41.7. The molecule has 0 atom stereocenters. The quantitative estimate of drug-likeness (QED) is 0.813. The van der Waals surface area contributed by atoms with Gasteiger partial charge >= 0.3 is 6.18 Å². The number of anilines is 2. The minimum Gasteiger partial charge on any atom is -0.350 e. The van der Waals surface area contributed by atoms with Crippen molar-refractivity contribution < 1.29 is 17.9 Å². The summed E-state index contributed by atoms with van der Waals surface area (Å²) in [5.41, 5.74) is 2.51. The van der Waals surface area contributed by atoms with E-state index in [-0.39, 0.29) is 6.73 Å². The second-order valence-electron chi connectivity index (χ2n) is 4.81. The van der Waals surface area contributed by atoms with Crippen molar-refractivity contribution in [2.75, 3.05) is 17.2 Å². The van der Waals surface area contributed by atoms with Crippen molar-refractivity contribution in [2.45, 2.75) is 19.8 Å². The lowest BCUT2D eigenvalue weighted by Crippen LogP contribution is -2.19. The molecule has 0 unspecified atom stereocenters. The van der Waals surface area contributed by atoms with Crippen LogP contribution in [0.25, 0.3) is 0 Å². The summed E-state index contributed by atoms with van der Waals surface area (Å²) >= 11 is 5.16. The summed E-state index contributed by atoms with van der Waals surface area (Å²) in [4.78, 5) is 0. The monoisotopic (exact) mass is 344 g/mol. The smallest absolute Gasteiger partial charge is 0.350 e.